The van der Waals surface area contributed by atoms with Crippen molar-refractivity contribution in [3.63, 3.8) is 0 Å². The number of hydrogen-bond donors (Lipinski definition) is 0. The third-order valence-corrected chi connectivity index (χ3v) is 4.66. The number of rotatable bonds is 5. The third-order valence-electron chi connectivity index (χ3n) is 4.66. The van der Waals surface area contributed by atoms with E-state index < -0.39 is 0 Å². The van der Waals surface area contributed by atoms with Gasteiger partial charge in [0.1, 0.15) is 0 Å². The maximum atomic E-state index is 4.72. The lowest BCUT2D eigenvalue weighted by atomic mass is 10.1. The van der Waals surface area contributed by atoms with Gasteiger partial charge in [-0.1, -0.05) is 44.2 Å². The number of aromatic nitrogens is 2. The number of fused-ring (bicyclic) bond motifs is 1. The molecule has 0 N–H and O–H groups in total. The van der Waals surface area contributed by atoms with Gasteiger partial charge in [0, 0.05) is 23.8 Å². The zero-order valence-electron chi connectivity index (χ0n) is 14.6. The minimum absolute atomic E-state index is 0.630. The smallest absolute Gasteiger partial charge is 0.0704 e. The van der Waals surface area contributed by atoms with Gasteiger partial charge in [-0.15, -0.1) is 0 Å². The molecule has 120 valence electrons. The molecule has 0 spiro atoms. The first-order valence-corrected chi connectivity index (χ1v) is 8.55. The van der Waals surface area contributed by atoms with Crippen LogP contribution in [-0.2, 0) is 19.4 Å². The highest BCUT2D eigenvalue weighted by molar-refractivity contribution is 5.87. The van der Waals surface area contributed by atoms with Gasteiger partial charge in [0.15, 0.2) is 0 Å². The topological polar surface area (TPSA) is 17.8 Å². The predicted molar refractivity (Wildman–Crippen MR) is 97.9 cm³/mol. The molecule has 23 heavy (non-hydrogen) atoms. The van der Waals surface area contributed by atoms with E-state index in [1.807, 2.05) is 6.20 Å². The minimum atomic E-state index is 0.630. The number of aryl methyl sites for hydroxylation is 3. The highest BCUT2D eigenvalue weighted by atomic mass is 15.0. The summed E-state index contributed by atoms with van der Waals surface area (Å²) < 4.78 is 2.47. The predicted octanol–water partition coefficient (Wildman–Crippen LogP) is 5.09. The van der Waals surface area contributed by atoms with E-state index in [1.54, 1.807) is 0 Å². The van der Waals surface area contributed by atoms with Crippen LogP contribution in [0.1, 0.15) is 36.4 Å². The number of pyridine rings is 1. The lowest BCUT2D eigenvalue weighted by molar-refractivity contribution is 0.526. The average molecular weight is 306 g/mol. The van der Waals surface area contributed by atoms with Crippen LogP contribution in [0.15, 0.2) is 42.6 Å². The summed E-state index contributed by atoms with van der Waals surface area (Å²) in [5, 5.41) is 1.36. The Morgan fingerprint density at radius 2 is 1.74 bits per heavy atom. The molecule has 2 aromatic heterocycles. The molecule has 0 amide bonds. The Bertz CT molecular complexity index is 798. The second-order valence-corrected chi connectivity index (χ2v) is 6.85. The van der Waals surface area contributed by atoms with Crippen molar-refractivity contribution in [1.82, 2.24) is 9.55 Å². The first-order valence-electron chi connectivity index (χ1n) is 8.55. The molecule has 0 aliphatic rings. The van der Waals surface area contributed by atoms with Crippen molar-refractivity contribution in [1.29, 1.82) is 0 Å². The van der Waals surface area contributed by atoms with E-state index in [4.69, 9.17) is 4.98 Å². The maximum absolute atomic E-state index is 4.72. The molecule has 0 saturated heterocycles. The highest BCUT2D eigenvalue weighted by Gasteiger charge is 2.15. The van der Waals surface area contributed by atoms with Gasteiger partial charge in [0.2, 0.25) is 0 Å². The van der Waals surface area contributed by atoms with Crippen LogP contribution >= 0.6 is 0 Å². The summed E-state index contributed by atoms with van der Waals surface area (Å²) in [5.41, 5.74) is 6.71. The molecule has 0 radical (unpaired) electrons. The molecule has 2 nitrogen and oxygen atoms in total. The summed E-state index contributed by atoms with van der Waals surface area (Å²) >= 11 is 0. The molecule has 0 aliphatic heterocycles. The second kappa shape index (κ2) is 6.57. The van der Waals surface area contributed by atoms with E-state index in [2.05, 4.69) is 68.7 Å². The fourth-order valence-electron chi connectivity index (χ4n) is 3.35. The molecule has 3 aromatic rings. The molecule has 0 aliphatic carbocycles. The fourth-order valence-corrected chi connectivity index (χ4v) is 3.35. The van der Waals surface area contributed by atoms with Crippen LogP contribution in [0.5, 0.6) is 0 Å². The molecule has 0 saturated carbocycles. The summed E-state index contributed by atoms with van der Waals surface area (Å²) in [4.78, 5) is 4.72. The molecule has 2 heterocycles. The van der Waals surface area contributed by atoms with Crippen LogP contribution < -0.4 is 0 Å². The van der Waals surface area contributed by atoms with Crippen molar-refractivity contribution in [2.24, 2.45) is 5.92 Å². The maximum Gasteiger partial charge on any atom is 0.0704 e. The van der Waals surface area contributed by atoms with Crippen LogP contribution in [0.4, 0.5) is 0 Å². The van der Waals surface area contributed by atoms with Gasteiger partial charge in [-0.2, -0.15) is 0 Å². The van der Waals surface area contributed by atoms with Crippen molar-refractivity contribution >= 4 is 10.9 Å². The van der Waals surface area contributed by atoms with Crippen LogP contribution in [0.2, 0.25) is 0 Å². The van der Waals surface area contributed by atoms with Crippen molar-refractivity contribution in [2.75, 3.05) is 0 Å². The lowest BCUT2D eigenvalue weighted by Crippen LogP contribution is -2.08. The molecule has 0 fully saturated rings. The highest BCUT2D eigenvalue weighted by Crippen LogP contribution is 2.28. The van der Waals surface area contributed by atoms with E-state index in [0.717, 1.165) is 19.4 Å². The van der Waals surface area contributed by atoms with Gasteiger partial charge in [-0.05, 0) is 49.8 Å². The lowest BCUT2D eigenvalue weighted by Gasteiger charge is -2.13. The Kier molecular flexibility index (Phi) is 4.51. The zero-order chi connectivity index (χ0) is 16.4. The van der Waals surface area contributed by atoms with Crippen LogP contribution in [-0.4, -0.2) is 9.55 Å². The average Bonchev–Trinajstić information content (AvgIpc) is 2.79. The van der Waals surface area contributed by atoms with Crippen molar-refractivity contribution in [3.05, 3.63) is 65.1 Å². The SMILES string of the molecule is Cc1c(C)n(CC(C)C)c2c(CCc3ccccc3)nccc12. The van der Waals surface area contributed by atoms with Crippen molar-refractivity contribution < 1.29 is 0 Å². The standard InChI is InChI=1S/C21H26N2/c1-15(2)14-23-17(4)16(3)19-12-13-22-20(21(19)23)11-10-18-8-6-5-7-9-18/h5-9,12-13,15H,10-11,14H2,1-4H3. The fraction of sp³-hybridized carbons (Fsp3) is 0.381. The van der Waals surface area contributed by atoms with Crippen LogP contribution in [0, 0.1) is 19.8 Å². The molecular formula is C21H26N2. The van der Waals surface area contributed by atoms with Gasteiger partial charge in [-0.25, -0.2) is 0 Å². The Morgan fingerprint density at radius 3 is 2.43 bits per heavy atom. The van der Waals surface area contributed by atoms with Gasteiger partial charge >= 0.3 is 0 Å². The molecular weight excluding hydrogens is 280 g/mol. The van der Waals surface area contributed by atoms with Gasteiger partial charge in [-0.3, -0.25) is 4.98 Å². The van der Waals surface area contributed by atoms with Crippen molar-refractivity contribution in [3.8, 4) is 0 Å². The largest absolute Gasteiger partial charge is 0.343 e. The molecule has 0 bridgehead atoms. The van der Waals surface area contributed by atoms with Gasteiger partial charge < -0.3 is 4.57 Å². The summed E-state index contributed by atoms with van der Waals surface area (Å²) in [5.74, 6) is 0.630. The molecule has 0 unspecified atom stereocenters. The molecule has 3 rings (SSSR count). The zero-order valence-corrected chi connectivity index (χ0v) is 14.6. The Labute approximate surface area is 139 Å². The van der Waals surface area contributed by atoms with Gasteiger partial charge in [0.25, 0.3) is 0 Å². The summed E-state index contributed by atoms with van der Waals surface area (Å²) in [6.45, 7) is 10.1. The van der Waals surface area contributed by atoms with E-state index in [-0.39, 0.29) is 0 Å². The van der Waals surface area contributed by atoms with E-state index in [0.29, 0.717) is 5.92 Å². The quantitative estimate of drug-likeness (QED) is 0.641. The summed E-state index contributed by atoms with van der Waals surface area (Å²) in [7, 11) is 0. The Morgan fingerprint density at radius 1 is 1.00 bits per heavy atom. The number of nitrogens with zero attached hydrogens (tertiary/aromatic N) is 2. The molecule has 1 aromatic carbocycles. The molecule has 0 atom stereocenters. The first kappa shape index (κ1) is 15.8. The molecule has 2 heteroatoms. The van der Waals surface area contributed by atoms with E-state index >= 15 is 0 Å². The van der Waals surface area contributed by atoms with Crippen LogP contribution in [0.25, 0.3) is 10.9 Å². The number of benzene rings is 1. The summed E-state index contributed by atoms with van der Waals surface area (Å²) in [6.07, 6.45) is 4.00. The number of hydrogen-bond acceptors (Lipinski definition) is 1. The Balaban J connectivity index is 2.01. The Hall–Kier alpha value is -2.09. The first-order chi connectivity index (χ1) is 11.1. The second-order valence-electron chi connectivity index (χ2n) is 6.85. The van der Waals surface area contributed by atoms with E-state index in [1.165, 1.54) is 33.4 Å². The monoisotopic (exact) mass is 306 g/mol. The summed E-state index contributed by atoms with van der Waals surface area (Å²) in [6, 6.07) is 12.9. The van der Waals surface area contributed by atoms with Crippen molar-refractivity contribution in [2.45, 2.75) is 47.1 Å². The van der Waals surface area contributed by atoms with Crippen LogP contribution in [0.3, 0.4) is 0 Å². The normalized spacial score (nSPS) is 11.5. The third kappa shape index (κ3) is 3.17. The minimum Gasteiger partial charge on any atom is -0.343 e. The van der Waals surface area contributed by atoms with Gasteiger partial charge in [0.05, 0.1) is 11.2 Å². The van der Waals surface area contributed by atoms with E-state index in [9.17, 15) is 0 Å².